The largest absolute Gasteiger partial charge is 1.00 e. The van der Waals surface area contributed by atoms with E-state index in [2.05, 4.69) is 0 Å². The molecule has 1 aromatic heterocycles. The molecule has 0 N–H and O–H groups in total. The monoisotopic (exact) mass is 231 g/mol. The summed E-state index contributed by atoms with van der Waals surface area (Å²) >= 11 is 0. The third-order valence-corrected chi connectivity index (χ3v) is 1.68. The van der Waals surface area contributed by atoms with Crippen LogP contribution in [0.4, 0.5) is 0 Å². The number of methoxy groups -OCH3 is 1. The van der Waals surface area contributed by atoms with Gasteiger partial charge in [0.25, 0.3) is 6.73 Å². The molecule has 0 radical (unpaired) electrons. The molecule has 0 atom stereocenters. The van der Waals surface area contributed by atoms with Crippen LogP contribution in [0.2, 0.25) is 0 Å². The van der Waals surface area contributed by atoms with Crippen LogP contribution in [0, 0.1) is 0 Å². The van der Waals surface area contributed by atoms with Crippen LogP contribution in [0.1, 0.15) is 17.3 Å². The lowest BCUT2D eigenvalue weighted by atomic mass is 10.3. The van der Waals surface area contributed by atoms with E-state index in [4.69, 9.17) is 9.47 Å². The Hall–Kier alpha value is -1.13. The maximum Gasteiger partial charge on any atom is 0.338 e. The molecule has 1 heterocycles. The van der Waals surface area contributed by atoms with Crippen molar-refractivity contribution < 1.29 is 31.2 Å². The number of pyridine rings is 1. The van der Waals surface area contributed by atoms with Crippen LogP contribution in [0.25, 0.3) is 0 Å². The average molecular weight is 232 g/mol. The molecular formula is C10H14ClNO3. The Bertz CT molecular complexity index is 300. The zero-order valence-electron chi connectivity index (χ0n) is 8.77. The maximum absolute atomic E-state index is 11.3. The van der Waals surface area contributed by atoms with Crippen LogP contribution in [0.15, 0.2) is 24.5 Å². The van der Waals surface area contributed by atoms with Crippen molar-refractivity contribution in [2.75, 3.05) is 13.7 Å². The molecule has 0 saturated carbocycles. The third-order valence-electron chi connectivity index (χ3n) is 1.68. The van der Waals surface area contributed by atoms with Gasteiger partial charge in [-0.1, -0.05) is 0 Å². The number of hydrogen-bond acceptors (Lipinski definition) is 3. The predicted octanol–water partition coefficient (Wildman–Crippen LogP) is -2.24. The zero-order chi connectivity index (χ0) is 10.4. The summed E-state index contributed by atoms with van der Waals surface area (Å²) in [7, 11) is 1.62. The van der Waals surface area contributed by atoms with E-state index in [0.29, 0.717) is 18.9 Å². The van der Waals surface area contributed by atoms with Crippen LogP contribution < -0.4 is 17.0 Å². The Labute approximate surface area is 95.2 Å². The number of esters is 1. The van der Waals surface area contributed by atoms with Gasteiger partial charge in [0.1, 0.15) is 0 Å². The summed E-state index contributed by atoms with van der Waals surface area (Å²) in [6.45, 7) is 2.65. The molecule has 0 bridgehead atoms. The minimum atomic E-state index is -0.294. The van der Waals surface area contributed by atoms with Crippen molar-refractivity contribution in [3.63, 3.8) is 0 Å². The van der Waals surface area contributed by atoms with Gasteiger partial charge in [0, 0.05) is 19.2 Å². The molecule has 0 saturated heterocycles. The quantitative estimate of drug-likeness (QED) is 0.435. The van der Waals surface area contributed by atoms with Crippen LogP contribution in [0.3, 0.4) is 0 Å². The van der Waals surface area contributed by atoms with Gasteiger partial charge in [0.05, 0.1) is 12.2 Å². The number of rotatable bonds is 4. The van der Waals surface area contributed by atoms with Crippen molar-refractivity contribution in [1.82, 2.24) is 0 Å². The van der Waals surface area contributed by atoms with E-state index < -0.39 is 0 Å². The summed E-state index contributed by atoms with van der Waals surface area (Å²) < 4.78 is 11.6. The summed E-state index contributed by atoms with van der Waals surface area (Å²) in [5.74, 6) is -0.294. The van der Waals surface area contributed by atoms with Gasteiger partial charge in [0.15, 0.2) is 12.4 Å². The number of carbonyl (C=O) groups is 1. The van der Waals surface area contributed by atoms with E-state index in [1.54, 1.807) is 38.6 Å². The predicted molar refractivity (Wildman–Crippen MR) is 49.6 cm³/mol. The molecule has 5 heteroatoms. The van der Waals surface area contributed by atoms with Crippen molar-refractivity contribution in [2.24, 2.45) is 0 Å². The van der Waals surface area contributed by atoms with Gasteiger partial charge in [-0.2, -0.15) is 4.57 Å². The van der Waals surface area contributed by atoms with Crippen LogP contribution in [0.5, 0.6) is 0 Å². The first-order valence-corrected chi connectivity index (χ1v) is 4.43. The Morgan fingerprint density at radius 1 is 1.40 bits per heavy atom. The number of aromatic nitrogens is 1. The van der Waals surface area contributed by atoms with Crippen molar-refractivity contribution in [1.29, 1.82) is 0 Å². The second-order valence-electron chi connectivity index (χ2n) is 2.74. The summed E-state index contributed by atoms with van der Waals surface area (Å²) in [5, 5.41) is 0. The van der Waals surface area contributed by atoms with Crippen molar-refractivity contribution in [3.05, 3.63) is 30.1 Å². The fourth-order valence-electron chi connectivity index (χ4n) is 1.04. The zero-order valence-corrected chi connectivity index (χ0v) is 9.53. The molecule has 0 amide bonds. The molecule has 0 aliphatic heterocycles. The van der Waals surface area contributed by atoms with Gasteiger partial charge in [-0.05, 0) is 6.92 Å². The standard InChI is InChI=1S/C10H14NO3.ClH/c1-3-14-10(12)9-4-6-11(7-5-9)8-13-2;/h4-7H,3,8H2,1-2H3;1H/q+1;/p-1. The number of nitrogens with zero attached hydrogens (tertiary/aromatic N) is 1. The van der Waals surface area contributed by atoms with Crippen LogP contribution in [-0.2, 0) is 16.2 Å². The maximum atomic E-state index is 11.3. The van der Waals surface area contributed by atoms with E-state index in [1.807, 2.05) is 4.57 Å². The highest BCUT2D eigenvalue weighted by molar-refractivity contribution is 5.88. The van der Waals surface area contributed by atoms with E-state index in [-0.39, 0.29) is 18.4 Å². The summed E-state index contributed by atoms with van der Waals surface area (Å²) in [6.07, 6.45) is 3.55. The third kappa shape index (κ3) is 4.27. The molecular weight excluding hydrogens is 218 g/mol. The number of halogens is 1. The normalized spacial score (nSPS) is 9.20. The van der Waals surface area contributed by atoms with Crippen LogP contribution in [-0.4, -0.2) is 19.7 Å². The van der Waals surface area contributed by atoms with E-state index >= 15 is 0 Å². The number of ether oxygens (including phenoxy) is 2. The first-order valence-electron chi connectivity index (χ1n) is 4.43. The SMILES string of the molecule is CCOC(=O)c1cc[n+](COC)cc1.[Cl-]. The molecule has 4 nitrogen and oxygen atoms in total. The van der Waals surface area contributed by atoms with Gasteiger partial charge in [0.2, 0.25) is 0 Å². The molecule has 0 fully saturated rings. The summed E-state index contributed by atoms with van der Waals surface area (Å²) in [4.78, 5) is 11.3. The van der Waals surface area contributed by atoms with Gasteiger partial charge in [-0.25, -0.2) is 4.79 Å². The molecule has 0 aliphatic rings. The molecule has 0 unspecified atom stereocenters. The van der Waals surface area contributed by atoms with Gasteiger partial charge in [-0.15, -0.1) is 0 Å². The van der Waals surface area contributed by atoms with Crippen molar-refractivity contribution >= 4 is 5.97 Å². The molecule has 1 aromatic rings. The topological polar surface area (TPSA) is 39.4 Å². The van der Waals surface area contributed by atoms with Crippen molar-refractivity contribution in [3.8, 4) is 0 Å². The first-order chi connectivity index (χ1) is 6.77. The highest BCUT2D eigenvalue weighted by Crippen LogP contribution is 1.97. The second-order valence-corrected chi connectivity index (χ2v) is 2.74. The van der Waals surface area contributed by atoms with Gasteiger partial charge < -0.3 is 21.9 Å². The smallest absolute Gasteiger partial charge is 0.338 e. The highest BCUT2D eigenvalue weighted by Gasteiger charge is 2.07. The van der Waals surface area contributed by atoms with Gasteiger partial charge in [-0.3, -0.25) is 0 Å². The van der Waals surface area contributed by atoms with E-state index in [0.717, 1.165) is 0 Å². The molecule has 0 aliphatic carbocycles. The lowest BCUT2D eigenvalue weighted by Gasteiger charge is -2.00. The second kappa shape index (κ2) is 7.20. The van der Waals surface area contributed by atoms with Gasteiger partial charge >= 0.3 is 5.97 Å². The summed E-state index contributed by atoms with van der Waals surface area (Å²) in [5.41, 5.74) is 0.555. The van der Waals surface area contributed by atoms with E-state index in [1.165, 1.54) is 0 Å². The lowest BCUT2D eigenvalue weighted by Crippen LogP contribution is -3.00. The minimum Gasteiger partial charge on any atom is -1.00 e. The average Bonchev–Trinajstić information content (AvgIpc) is 2.20. The van der Waals surface area contributed by atoms with Crippen LogP contribution >= 0.6 is 0 Å². The molecule has 1 rings (SSSR count). The first kappa shape index (κ1) is 13.9. The Morgan fingerprint density at radius 3 is 2.47 bits per heavy atom. The van der Waals surface area contributed by atoms with E-state index in [9.17, 15) is 4.79 Å². The Balaban J connectivity index is 0.00000196. The molecule has 84 valence electrons. The summed E-state index contributed by atoms with van der Waals surface area (Å²) in [6, 6.07) is 3.41. The Kier molecular flexibility index (Phi) is 6.66. The lowest BCUT2D eigenvalue weighted by molar-refractivity contribution is -0.731. The number of carbonyl (C=O) groups excluding carboxylic acids is 1. The fourth-order valence-corrected chi connectivity index (χ4v) is 1.04. The molecule has 15 heavy (non-hydrogen) atoms. The molecule has 0 spiro atoms. The Morgan fingerprint density at radius 2 is 2.00 bits per heavy atom. The minimum absolute atomic E-state index is 0. The number of hydrogen-bond donors (Lipinski definition) is 0. The highest BCUT2D eigenvalue weighted by atomic mass is 35.5. The molecule has 0 aromatic carbocycles. The van der Waals surface area contributed by atoms with Crippen molar-refractivity contribution in [2.45, 2.75) is 13.7 Å². The fraction of sp³-hybridized carbons (Fsp3) is 0.400.